The second-order valence-corrected chi connectivity index (χ2v) is 1120. The Kier molecular flexibility index (Phi) is 86.1. The predicted octanol–water partition coefficient (Wildman–Crippen LogP) is 42.5. The van der Waals surface area contributed by atoms with Gasteiger partial charge in [-0.1, -0.05) is 0 Å². The van der Waals surface area contributed by atoms with E-state index >= 15 is 0 Å². The molecule has 336 valence electrons. The number of halogens is 48. The van der Waals surface area contributed by atoms with Gasteiger partial charge in [-0.05, 0) is 0 Å². The first-order chi connectivity index (χ1) is 21.8. The molecule has 0 nitrogen and oxygen atoms in total. The van der Waals surface area contributed by atoms with Gasteiger partial charge in [-0.3, -0.25) is 0 Å². The van der Waals surface area contributed by atoms with Crippen LogP contribution in [-0.2, 0) is 0 Å². The predicted molar refractivity (Wildman–Crippen MR) is 673 cm³/mol. The van der Waals surface area contributed by atoms with Gasteiger partial charge in [-0.25, -0.2) is 0 Å². The summed E-state index contributed by atoms with van der Waals surface area (Å²) in [5, 5.41) is 0. The monoisotopic (exact) mass is 6090 g/mol. The SMILES string of the molecule is II(I)I(I)I(I)I(I)I(I)I(I)I(I)I(I)I(I)I(I)I(I)I(I)I(I)I(I)I(I)I(I)I(I)I(I)I(I)I(I)I(I)I(I)I(I)I. The Balaban J connectivity index is 5.54. The first kappa shape index (κ1) is 83.0. The average molecular weight is 6090 g/mol. The van der Waals surface area contributed by atoms with E-state index in [4.69, 9.17) is 0 Å². The zero-order valence-electron chi connectivity index (χ0n) is 18.1. The summed E-state index contributed by atoms with van der Waals surface area (Å²) in [6, 6.07) is 0. The summed E-state index contributed by atoms with van der Waals surface area (Å²) < 4.78 is 0. The molecule has 0 saturated carbocycles. The molecule has 0 saturated heterocycles. The molecular weight excluding hydrogens is 6090 g/mol. The van der Waals surface area contributed by atoms with Gasteiger partial charge >= 0.3 is 647 Å². The minimum atomic E-state index is -0.570. The molecule has 0 aliphatic heterocycles. The molecule has 0 heterocycles. The van der Waals surface area contributed by atoms with Crippen molar-refractivity contribution in [3.8, 4) is 0 Å². The Morgan fingerprint density at radius 3 is 0.229 bits per heavy atom. The summed E-state index contributed by atoms with van der Waals surface area (Å²) in [4.78, 5) is 0. The van der Waals surface area contributed by atoms with E-state index in [0.717, 1.165) is 0 Å². The summed E-state index contributed by atoms with van der Waals surface area (Å²) in [6.45, 7) is 0. The maximum atomic E-state index is 3.38. The third kappa shape index (κ3) is 34.3. The molecule has 0 bridgehead atoms. The van der Waals surface area contributed by atoms with E-state index in [1.165, 1.54) is 0 Å². The molecule has 0 amide bonds. The molecule has 0 atom stereocenters. The minimum absolute atomic E-state index is 0.461. The van der Waals surface area contributed by atoms with E-state index in [9.17, 15) is 0 Å². The molecule has 0 rings (SSSR count). The molecule has 0 aromatic rings. The van der Waals surface area contributed by atoms with E-state index in [-0.39, 0.29) is 0 Å². The van der Waals surface area contributed by atoms with Crippen molar-refractivity contribution in [3.05, 3.63) is 0 Å². The van der Waals surface area contributed by atoms with Crippen LogP contribution >= 0.6 is 647 Å². The van der Waals surface area contributed by atoms with Gasteiger partial charge in [-0.2, -0.15) is 0 Å². The van der Waals surface area contributed by atoms with Crippen molar-refractivity contribution < 1.29 is 0 Å². The summed E-state index contributed by atoms with van der Waals surface area (Å²) in [5.41, 5.74) is 0. The number of hydrogen-bond donors (Lipinski definition) is 0. The molecule has 0 fully saturated rings. The Morgan fingerprint density at radius 2 is 0.167 bits per heavy atom. The normalized spacial score (nSPS) is 18.8. The number of rotatable bonds is 22. The Labute approximate surface area is 608 Å². The zero-order chi connectivity index (χ0) is 38.3. The molecule has 0 aromatic heterocycles. The van der Waals surface area contributed by atoms with Crippen LogP contribution in [0.4, 0.5) is 0 Å². The van der Waals surface area contributed by atoms with Crippen molar-refractivity contribution in [3.63, 3.8) is 0 Å². The van der Waals surface area contributed by atoms with Crippen molar-refractivity contribution >= 4 is 647 Å². The maximum absolute atomic E-state index is 3.38. The fourth-order valence-corrected chi connectivity index (χ4v) is 8800. The van der Waals surface area contributed by atoms with Crippen LogP contribution in [0.3, 0.4) is 0 Å². The molecule has 0 radical (unpaired) electrons. The van der Waals surface area contributed by atoms with Crippen molar-refractivity contribution in [2.24, 2.45) is 0 Å². The summed E-state index contributed by atoms with van der Waals surface area (Å²) in [5.74, 6) is 0. The zero-order valence-corrected chi connectivity index (χ0v) is 122. The van der Waals surface area contributed by atoms with Gasteiger partial charge in [0.2, 0.25) is 0 Å². The molecule has 0 unspecified atom stereocenters. The summed E-state index contributed by atoms with van der Waals surface area (Å²) >= 11 is 81.4. The van der Waals surface area contributed by atoms with Gasteiger partial charge in [0, 0.05) is 0 Å². The van der Waals surface area contributed by atoms with Crippen molar-refractivity contribution in [2.75, 3.05) is 0 Å². The summed E-state index contributed by atoms with van der Waals surface area (Å²) in [6.07, 6.45) is 0. The molecule has 48 heavy (non-hydrogen) atoms. The Bertz CT molecular complexity index is 771. The molecule has 0 N–H and O–H groups in total. The first-order valence-electron chi connectivity index (χ1n) is 6.71. The van der Waals surface area contributed by atoms with Crippen LogP contribution in [0.2, 0.25) is 0 Å². The quantitative estimate of drug-likeness (QED) is 0.0948. The molecule has 0 aliphatic rings. The Hall–Kier alpha value is 35.0. The molecule has 0 aromatic carbocycles. The van der Waals surface area contributed by atoms with Gasteiger partial charge in [0.25, 0.3) is 0 Å². The van der Waals surface area contributed by atoms with Crippen LogP contribution < -0.4 is 0 Å². The molecule has 48 heteroatoms. The van der Waals surface area contributed by atoms with Gasteiger partial charge in [0.15, 0.2) is 0 Å². The van der Waals surface area contributed by atoms with E-state index < -0.39 is 182 Å². The van der Waals surface area contributed by atoms with Gasteiger partial charge < -0.3 is 0 Å². The second kappa shape index (κ2) is 49.8. The van der Waals surface area contributed by atoms with Crippen LogP contribution in [0.5, 0.6) is 0 Å². The van der Waals surface area contributed by atoms with Crippen LogP contribution in [-0.4, -0.2) is 0 Å². The van der Waals surface area contributed by atoms with Crippen molar-refractivity contribution in [2.45, 2.75) is 0 Å². The van der Waals surface area contributed by atoms with Gasteiger partial charge in [0.1, 0.15) is 0 Å². The fourth-order valence-electron chi connectivity index (χ4n) is 0.648. The van der Waals surface area contributed by atoms with E-state index in [1.54, 1.807) is 0 Å². The van der Waals surface area contributed by atoms with Crippen LogP contribution in [0.1, 0.15) is 0 Å². The summed E-state index contributed by atoms with van der Waals surface area (Å²) in [7, 11) is -12.2. The van der Waals surface area contributed by atoms with E-state index in [1.807, 2.05) is 0 Å². The fraction of sp³-hybridized carbons (Fsp3) is 0. The second-order valence-electron chi connectivity index (χ2n) is 3.73. The average Bonchev–Trinajstić information content (AvgIpc) is 3.07. The van der Waals surface area contributed by atoms with Gasteiger partial charge in [-0.15, -0.1) is 0 Å². The van der Waals surface area contributed by atoms with Crippen molar-refractivity contribution in [1.29, 1.82) is 0 Å². The Morgan fingerprint density at radius 1 is 0.104 bits per heavy atom. The first-order valence-corrected chi connectivity index (χ1v) is 302. The van der Waals surface area contributed by atoms with Gasteiger partial charge in [0.05, 0.1) is 0 Å². The number of hydrogen-bond acceptors (Lipinski definition) is 0. The van der Waals surface area contributed by atoms with Crippen molar-refractivity contribution in [1.82, 2.24) is 0 Å². The molecule has 0 aliphatic carbocycles. The third-order valence-corrected chi connectivity index (χ3v) is 3640. The molecular formula is I48. The third-order valence-electron chi connectivity index (χ3n) is 1.80. The standard InChI is InChI=1S/I48/c1-26(2)28(5)30(7)32(9)34(11)36(13)38(15)40(17)42(19)44(21)46(23)48(25)47(24)45(22)43(20)41(18)39(16)37(14)35(12)33(10)31(8)29(6)27(3)4. The van der Waals surface area contributed by atoms with E-state index in [0.29, 0.717) is 0 Å². The van der Waals surface area contributed by atoms with Crippen LogP contribution in [0, 0.1) is 0 Å². The molecule has 0 spiro atoms. The van der Waals surface area contributed by atoms with Crippen LogP contribution in [0.25, 0.3) is 0 Å². The van der Waals surface area contributed by atoms with E-state index in [2.05, 4.69) is 465 Å². The topological polar surface area (TPSA) is 0 Å². The van der Waals surface area contributed by atoms with Crippen LogP contribution in [0.15, 0.2) is 0 Å².